The zero-order valence-electron chi connectivity index (χ0n) is 37.2. The van der Waals surface area contributed by atoms with Gasteiger partial charge in [0, 0.05) is 83.1 Å². The molecule has 4 aromatic heterocycles. The molecular weight excluding hydrogens is 893 g/mol. The van der Waals surface area contributed by atoms with E-state index in [1.807, 2.05) is 88.0 Å². The first kappa shape index (κ1) is 44.3. The maximum absolute atomic E-state index is 12.5. The monoisotopic (exact) mass is 940 g/mol. The van der Waals surface area contributed by atoms with Crippen LogP contribution in [-0.4, -0.2) is 62.8 Å². The lowest BCUT2D eigenvalue weighted by atomic mass is 10.2. The maximum Gasteiger partial charge on any atom is 0.225 e. The number of hydrogen-bond donors (Lipinski definition) is 6. The van der Waals surface area contributed by atoms with Gasteiger partial charge in [-0.1, -0.05) is 36.4 Å². The highest BCUT2D eigenvalue weighted by Crippen LogP contribution is 2.37. The summed E-state index contributed by atoms with van der Waals surface area (Å²) in [6.07, 6.45) is 6.99. The van der Waals surface area contributed by atoms with Crippen molar-refractivity contribution in [2.45, 2.75) is 52.9 Å². The average molecular weight is 941 g/mol. The first-order chi connectivity index (χ1) is 32.3. The smallest absolute Gasteiger partial charge is 0.225 e. The topological polar surface area (TPSA) is 223 Å². The van der Waals surface area contributed by atoms with E-state index in [9.17, 15) is 22.5 Å². The Bertz CT molecular complexity index is 3300. The molecule has 8 aromatic rings. The van der Waals surface area contributed by atoms with Gasteiger partial charge in [-0.05, 0) is 48.5 Å². The van der Waals surface area contributed by atoms with E-state index in [-0.39, 0.29) is 16.7 Å². The summed E-state index contributed by atoms with van der Waals surface area (Å²) in [6, 6.07) is 27.6. The zero-order valence-corrected chi connectivity index (χ0v) is 38.9. The minimum Gasteiger partial charge on any atom is -0.508 e. The molecule has 344 valence electrons. The highest BCUT2D eigenvalue weighted by molar-refractivity contribution is 7.91. The van der Waals surface area contributed by atoms with Crippen molar-refractivity contribution in [1.29, 1.82) is 0 Å². The van der Waals surface area contributed by atoms with Crippen LogP contribution in [0.15, 0.2) is 136 Å². The summed E-state index contributed by atoms with van der Waals surface area (Å²) in [5.41, 5.74) is 9.08. The molecule has 0 saturated heterocycles. The number of sulfone groups is 1. The van der Waals surface area contributed by atoms with Gasteiger partial charge in [0.1, 0.15) is 33.2 Å². The van der Waals surface area contributed by atoms with Crippen LogP contribution in [0.3, 0.4) is 0 Å². The van der Waals surface area contributed by atoms with Gasteiger partial charge < -0.3 is 36.6 Å². The third-order valence-electron chi connectivity index (χ3n) is 11.5. The number of rotatable bonds is 0. The minimum atomic E-state index is -3.49. The number of nitrogens with one attached hydrogen (secondary N) is 5. The van der Waals surface area contributed by atoms with Crippen molar-refractivity contribution in [3.63, 3.8) is 0 Å². The molecule has 67 heavy (non-hydrogen) atoms. The van der Waals surface area contributed by atoms with E-state index in [1.165, 1.54) is 4.68 Å². The largest absolute Gasteiger partial charge is 0.508 e. The maximum atomic E-state index is 12.5. The Balaban J connectivity index is 0.000000112. The summed E-state index contributed by atoms with van der Waals surface area (Å²) in [5, 5.41) is 43.4. The Hall–Kier alpha value is -7.91. The summed E-state index contributed by atoms with van der Waals surface area (Å²) in [5.74, 6) is 2.21. The van der Waals surface area contributed by atoms with Crippen LogP contribution in [0, 0.1) is 0 Å². The number of fused-ring (bicyclic) bond motifs is 8. The average Bonchev–Trinajstić information content (AvgIpc) is 3.98. The first-order valence-electron chi connectivity index (χ1n) is 21.1. The summed E-state index contributed by atoms with van der Waals surface area (Å²) in [7, 11) is 2.62. The van der Waals surface area contributed by atoms with Crippen molar-refractivity contribution < 1.29 is 22.5 Å². The Morgan fingerprint density at radius 1 is 0.612 bits per heavy atom. The van der Waals surface area contributed by atoms with Crippen molar-refractivity contribution in [3.8, 4) is 5.75 Å². The van der Waals surface area contributed by atoms with Gasteiger partial charge in [-0.3, -0.25) is 23.5 Å². The van der Waals surface area contributed by atoms with E-state index in [0.29, 0.717) is 42.3 Å². The second kappa shape index (κ2) is 18.2. The van der Waals surface area contributed by atoms with Crippen LogP contribution in [0.5, 0.6) is 5.75 Å². The number of phenols is 1. The highest BCUT2D eigenvalue weighted by Gasteiger charge is 2.31. The molecule has 8 heterocycles. The predicted octanol–water partition coefficient (Wildman–Crippen LogP) is 6.52. The summed E-state index contributed by atoms with van der Waals surface area (Å²) < 4.78 is 44.1. The van der Waals surface area contributed by atoms with Crippen molar-refractivity contribution in [1.82, 2.24) is 39.1 Å². The molecule has 4 aromatic carbocycles. The van der Waals surface area contributed by atoms with Gasteiger partial charge in [-0.15, -0.1) is 0 Å². The van der Waals surface area contributed by atoms with Crippen LogP contribution in [0.1, 0.15) is 29.2 Å². The van der Waals surface area contributed by atoms with E-state index in [4.69, 9.17) is 0 Å². The molecule has 1 atom stereocenters. The lowest BCUT2D eigenvalue weighted by Gasteiger charge is -2.20. The Morgan fingerprint density at radius 2 is 1.16 bits per heavy atom. The van der Waals surface area contributed by atoms with Gasteiger partial charge in [0.25, 0.3) is 0 Å². The third kappa shape index (κ3) is 8.68. The molecule has 6 N–H and O–H groups in total. The number of aromatic nitrogens is 8. The van der Waals surface area contributed by atoms with Crippen LogP contribution in [0.4, 0.5) is 45.8 Å². The fourth-order valence-corrected chi connectivity index (χ4v) is 11.3. The molecule has 12 rings (SSSR count). The molecule has 19 nitrogen and oxygen atoms in total. The lowest BCUT2D eigenvalue weighted by Crippen LogP contribution is -2.27. The van der Waals surface area contributed by atoms with Gasteiger partial charge in [-0.25, -0.2) is 12.6 Å². The number of amides is 1. The van der Waals surface area contributed by atoms with Crippen LogP contribution < -0.4 is 31.5 Å². The molecule has 4 aliphatic heterocycles. The Kier molecular flexibility index (Phi) is 12.0. The molecule has 0 aliphatic carbocycles. The van der Waals surface area contributed by atoms with Crippen molar-refractivity contribution in [2.75, 3.05) is 31.5 Å². The van der Waals surface area contributed by atoms with Gasteiger partial charge in [0.15, 0.2) is 5.03 Å². The summed E-state index contributed by atoms with van der Waals surface area (Å²) in [4.78, 5) is 14.7. The predicted molar refractivity (Wildman–Crippen MR) is 256 cm³/mol. The Morgan fingerprint density at radius 3 is 1.94 bits per heavy atom. The molecule has 0 radical (unpaired) electrons. The highest BCUT2D eigenvalue weighted by atomic mass is 32.2. The molecule has 0 spiro atoms. The quantitative estimate of drug-likeness (QED) is 0.0892. The number of hydrogen-bond acceptors (Lipinski definition) is 14. The number of phenolic OH excluding ortho intramolecular Hbond substituents is 1. The molecule has 21 heteroatoms. The molecule has 1 unspecified atom stereocenters. The van der Waals surface area contributed by atoms with Crippen LogP contribution in [-0.2, 0) is 79.8 Å². The molecule has 4 aliphatic rings. The number of aromatic hydroxyl groups is 1. The SMILES string of the molecule is CC(=O)N1Cc2cnn(C)c2Nc2ccccc21.Cn1ncc2c1Nc1ccc(O)cc1NC2.Cn1ncc2c1S(=O)(=O)c1ccccc1NC2.Cn1ncc2c1S(=O)c1ccccc1NC2. The fraction of sp³-hybridized carbons (Fsp3) is 0.196. The third-order valence-corrected chi connectivity index (χ3v) is 15.1. The van der Waals surface area contributed by atoms with E-state index in [0.717, 1.165) is 66.7 Å². The molecule has 0 bridgehead atoms. The zero-order chi connectivity index (χ0) is 47.0. The van der Waals surface area contributed by atoms with Gasteiger partial charge in [0.2, 0.25) is 15.7 Å². The number of carbonyl (C=O) groups is 1. The lowest BCUT2D eigenvalue weighted by molar-refractivity contribution is -0.116. The summed E-state index contributed by atoms with van der Waals surface area (Å²) in [6.45, 7) is 3.97. The fourth-order valence-electron chi connectivity index (χ4n) is 8.10. The van der Waals surface area contributed by atoms with Crippen LogP contribution >= 0.6 is 0 Å². The normalized spacial score (nSPS) is 15.2. The minimum absolute atomic E-state index is 0.0287. The number of anilines is 8. The van der Waals surface area contributed by atoms with E-state index in [2.05, 4.69) is 47.0 Å². The molecule has 1 amide bonds. The summed E-state index contributed by atoms with van der Waals surface area (Å²) >= 11 is 0. The molecule has 0 fully saturated rings. The number of nitrogens with zero attached hydrogens (tertiary/aromatic N) is 9. The molecule has 0 saturated carbocycles. The van der Waals surface area contributed by atoms with Gasteiger partial charge in [0.05, 0.1) is 75.2 Å². The number of para-hydroxylation sites is 4. The van der Waals surface area contributed by atoms with Crippen molar-refractivity contribution in [2.24, 2.45) is 28.2 Å². The van der Waals surface area contributed by atoms with Crippen LogP contribution in [0.25, 0.3) is 0 Å². The van der Waals surface area contributed by atoms with E-state index < -0.39 is 20.6 Å². The van der Waals surface area contributed by atoms with E-state index >= 15 is 0 Å². The standard InChI is InChI=1S/C13H14N4O.C11H12N4O.C11H11N3O2S.C11H11N3OS/c1-9(18)17-8-10-7-14-16(2)13(10)15-11-5-3-4-6-12(11)17;1-15-11-7(6-13-15)5-12-10-4-8(16)2-3-9(10)14-11;1-14-11-8(7-13-14)6-12-9-4-2-3-5-10(9)17(11,15)16;1-14-11-8(7-13-14)6-12-9-4-2-3-5-10(9)16(11)15/h3-7,15H,8H2,1-2H3;2-4,6,12,14,16H,5H2,1H3;2-5,7,12H,6H2,1H3;2-5,7,12H,6H2,1H3. The second-order valence-corrected chi connectivity index (χ2v) is 19.1. The first-order valence-corrected chi connectivity index (χ1v) is 23.8. The number of benzene rings is 4. The number of carbonyl (C=O) groups excluding carboxylic acids is 1. The second-order valence-electron chi connectivity index (χ2n) is 15.9. The number of aryl methyl sites for hydroxylation is 4. The van der Waals surface area contributed by atoms with Crippen molar-refractivity contribution >= 4 is 72.3 Å². The molecular formula is C46H48N14O5S2. The van der Waals surface area contributed by atoms with Crippen LogP contribution in [0.2, 0.25) is 0 Å². The van der Waals surface area contributed by atoms with Gasteiger partial charge >= 0.3 is 0 Å². The van der Waals surface area contributed by atoms with Crippen molar-refractivity contribution in [3.05, 3.63) is 138 Å². The Labute approximate surface area is 388 Å². The van der Waals surface area contributed by atoms with Gasteiger partial charge in [-0.2, -0.15) is 20.4 Å². The van der Waals surface area contributed by atoms with E-state index in [1.54, 1.807) is 81.8 Å².